The number of amides is 1. The Morgan fingerprint density at radius 2 is 1.81 bits per heavy atom. The molecule has 4 nitrogen and oxygen atoms in total. The molecule has 16 heavy (non-hydrogen) atoms. The molecule has 0 radical (unpaired) electrons. The maximum Gasteiger partial charge on any atom is 0.225 e. The monoisotopic (exact) mass is 337 g/mol. The molecule has 0 unspecified atom stereocenters. The first-order chi connectivity index (χ1) is 7.81. The molecule has 2 aliphatic rings. The van der Waals surface area contributed by atoms with Gasteiger partial charge in [-0.1, -0.05) is 0 Å². The number of nitrogens with zero attached hydrogens (tertiary/aromatic N) is 1. The van der Waals surface area contributed by atoms with E-state index in [1.54, 1.807) is 0 Å². The summed E-state index contributed by atoms with van der Waals surface area (Å²) in [6.07, 6.45) is 4.41. The molecule has 1 heterocycles. The van der Waals surface area contributed by atoms with Crippen LogP contribution < -0.4 is 8.85 Å². The summed E-state index contributed by atoms with van der Waals surface area (Å²) in [6, 6.07) is 0.618. The number of carbonyl (C=O) groups is 1. The lowest BCUT2D eigenvalue weighted by molar-refractivity contribution is -0.137. The van der Waals surface area contributed by atoms with Crippen LogP contribution in [0.3, 0.4) is 0 Å². The van der Waals surface area contributed by atoms with Crippen molar-refractivity contribution in [3.63, 3.8) is 0 Å². The van der Waals surface area contributed by atoms with Crippen LogP contribution in [0.1, 0.15) is 25.7 Å². The van der Waals surface area contributed by atoms with E-state index < -0.39 is 0 Å². The number of piperazine rings is 1. The van der Waals surface area contributed by atoms with Crippen molar-refractivity contribution in [1.82, 2.24) is 13.7 Å². The van der Waals surface area contributed by atoms with Crippen molar-refractivity contribution < 1.29 is 4.79 Å². The zero-order chi connectivity index (χ0) is 11.4. The van der Waals surface area contributed by atoms with Crippen LogP contribution in [0.4, 0.5) is 0 Å². The van der Waals surface area contributed by atoms with Gasteiger partial charge in [0.05, 0.1) is 0 Å². The van der Waals surface area contributed by atoms with E-state index in [0.717, 1.165) is 51.9 Å². The number of hydrogen-bond acceptors (Lipinski definition) is 3. The summed E-state index contributed by atoms with van der Waals surface area (Å²) in [7, 11) is 0. The average molecular weight is 337 g/mol. The zero-order valence-electron chi connectivity index (χ0n) is 9.54. The van der Waals surface area contributed by atoms with Crippen molar-refractivity contribution in [3.8, 4) is 0 Å². The third kappa shape index (κ3) is 3.07. The molecule has 1 saturated heterocycles. The fourth-order valence-electron chi connectivity index (χ4n) is 2.59. The molecule has 92 valence electrons. The Hall–Kier alpha value is 0.120. The molecule has 0 aromatic carbocycles. The Balaban J connectivity index is 1.81. The molecule has 1 aliphatic heterocycles. The van der Waals surface area contributed by atoms with Gasteiger partial charge in [-0.05, 0) is 25.7 Å². The van der Waals surface area contributed by atoms with Crippen LogP contribution in [-0.2, 0) is 4.79 Å². The predicted octanol–water partition coefficient (Wildman–Crippen LogP) is 0.917. The van der Waals surface area contributed by atoms with Gasteiger partial charge in [-0.2, -0.15) is 0 Å². The van der Waals surface area contributed by atoms with Crippen LogP contribution in [0.2, 0.25) is 0 Å². The normalized spacial score (nSPS) is 31.4. The van der Waals surface area contributed by atoms with Gasteiger partial charge in [-0.25, -0.2) is 0 Å². The van der Waals surface area contributed by atoms with Crippen molar-refractivity contribution in [3.05, 3.63) is 0 Å². The lowest BCUT2D eigenvalue weighted by atomic mass is 9.85. The van der Waals surface area contributed by atoms with Crippen molar-refractivity contribution in [2.45, 2.75) is 31.7 Å². The van der Waals surface area contributed by atoms with Crippen LogP contribution in [0, 0.1) is 5.92 Å². The van der Waals surface area contributed by atoms with Crippen LogP contribution in [0.15, 0.2) is 0 Å². The number of nitrogens with one attached hydrogen (secondary N) is 2. The van der Waals surface area contributed by atoms with Crippen molar-refractivity contribution >= 4 is 28.8 Å². The Morgan fingerprint density at radius 3 is 2.38 bits per heavy atom. The second-order valence-electron chi connectivity index (χ2n) is 4.73. The maximum absolute atomic E-state index is 12.2. The van der Waals surface area contributed by atoms with Gasteiger partial charge in [0, 0.05) is 61.0 Å². The van der Waals surface area contributed by atoms with E-state index in [-0.39, 0.29) is 0 Å². The SMILES string of the molecule is O=C(C1CCC(NI)CC1)N1CCNCC1. The fourth-order valence-corrected chi connectivity index (χ4v) is 3.22. The highest BCUT2D eigenvalue weighted by atomic mass is 127. The van der Waals surface area contributed by atoms with Crippen LogP contribution in [0.5, 0.6) is 0 Å². The topological polar surface area (TPSA) is 44.4 Å². The Kier molecular flexibility index (Phi) is 4.84. The van der Waals surface area contributed by atoms with Gasteiger partial charge in [-0.3, -0.25) is 8.32 Å². The first-order valence-corrected chi connectivity index (χ1v) is 7.25. The van der Waals surface area contributed by atoms with E-state index in [1.165, 1.54) is 0 Å². The van der Waals surface area contributed by atoms with Crippen LogP contribution in [-0.4, -0.2) is 43.0 Å². The first-order valence-electron chi connectivity index (χ1n) is 6.17. The quantitative estimate of drug-likeness (QED) is 0.582. The van der Waals surface area contributed by atoms with Crippen molar-refractivity contribution in [1.29, 1.82) is 0 Å². The fraction of sp³-hybridized carbons (Fsp3) is 0.909. The average Bonchev–Trinajstić information content (AvgIpc) is 2.39. The lowest BCUT2D eigenvalue weighted by Gasteiger charge is -2.33. The summed E-state index contributed by atoms with van der Waals surface area (Å²) in [5, 5.41) is 3.28. The Morgan fingerprint density at radius 1 is 1.19 bits per heavy atom. The highest BCUT2D eigenvalue weighted by Crippen LogP contribution is 2.26. The van der Waals surface area contributed by atoms with E-state index in [4.69, 9.17) is 0 Å². The van der Waals surface area contributed by atoms with Gasteiger partial charge in [0.25, 0.3) is 0 Å². The summed E-state index contributed by atoms with van der Waals surface area (Å²) < 4.78 is 3.28. The van der Waals surface area contributed by atoms with Crippen LogP contribution >= 0.6 is 22.9 Å². The number of carbonyl (C=O) groups excluding carboxylic acids is 1. The van der Waals surface area contributed by atoms with Gasteiger partial charge in [-0.15, -0.1) is 0 Å². The molecule has 1 amide bonds. The van der Waals surface area contributed by atoms with E-state index in [9.17, 15) is 4.79 Å². The highest BCUT2D eigenvalue weighted by molar-refractivity contribution is 14.1. The Labute approximate surface area is 111 Å². The molecule has 0 atom stereocenters. The summed E-state index contributed by atoms with van der Waals surface area (Å²) in [5.41, 5.74) is 0. The zero-order valence-corrected chi connectivity index (χ0v) is 11.7. The van der Waals surface area contributed by atoms with Crippen LogP contribution in [0.25, 0.3) is 0 Å². The van der Waals surface area contributed by atoms with Crippen molar-refractivity contribution in [2.24, 2.45) is 5.92 Å². The first kappa shape index (κ1) is 12.6. The van der Waals surface area contributed by atoms with Gasteiger partial charge < -0.3 is 10.2 Å². The third-order valence-electron chi connectivity index (χ3n) is 3.66. The molecule has 0 bridgehead atoms. The standard InChI is InChI=1S/C11H20IN3O/c12-14-10-3-1-9(2-4-10)11(16)15-7-5-13-6-8-15/h9-10,13-14H,1-8H2. The minimum Gasteiger partial charge on any atom is -0.340 e. The van der Waals surface area contributed by atoms with E-state index in [2.05, 4.69) is 31.7 Å². The maximum atomic E-state index is 12.2. The molecule has 0 spiro atoms. The number of hydrogen-bond donors (Lipinski definition) is 2. The molecule has 1 saturated carbocycles. The molecule has 2 fully saturated rings. The molecule has 0 aromatic heterocycles. The predicted molar refractivity (Wildman–Crippen MR) is 72.4 cm³/mol. The second-order valence-corrected chi connectivity index (χ2v) is 5.36. The molecular weight excluding hydrogens is 317 g/mol. The third-order valence-corrected chi connectivity index (χ3v) is 4.54. The van der Waals surface area contributed by atoms with E-state index in [0.29, 0.717) is 17.9 Å². The van der Waals surface area contributed by atoms with Gasteiger partial charge >= 0.3 is 0 Å². The molecule has 2 N–H and O–H groups in total. The molecule has 2 rings (SSSR count). The van der Waals surface area contributed by atoms with E-state index >= 15 is 0 Å². The van der Waals surface area contributed by atoms with Gasteiger partial charge in [0.1, 0.15) is 0 Å². The minimum atomic E-state index is 0.291. The Bertz CT molecular complexity index is 235. The van der Waals surface area contributed by atoms with Gasteiger partial charge in [0.2, 0.25) is 5.91 Å². The van der Waals surface area contributed by atoms with E-state index in [1.807, 2.05) is 4.90 Å². The minimum absolute atomic E-state index is 0.291. The highest BCUT2D eigenvalue weighted by Gasteiger charge is 2.29. The lowest BCUT2D eigenvalue weighted by Crippen LogP contribution is -2.49. The summed E-state index contributed by atoms with van der Waals surface area (Å²) >= 11 is 2.22. The molecular formula is C11H20IN3O. The summed E-state index contributed by atoms with van der Waals surface area (Å²) in [5.74, 6) is 0.688. The molecule has 0 aromatic rings. The van der Waals surface area contributed by atoms with Gasteiger partial charge in [0.15, 0.2) is 0 Å². The summed E-state index contributed by atoms with van der Waals surface area (Å²) in [6.45, 7) is 3.69. The molecule has 1 aliphatic carbocycles. The molecule has 5 heteroatoms. The van der Waals surface area contributed by atoms with Crippen molar-refractivity contribution in [2.75, 3.05) is 26.2 Å². The number of rotatable bonds is 2. The second kappa shape index (κ2) is 6.16. The largest absolute Gasteiger partial charge is 0.340 e. The number of halogens is 1. The summed E-state index contributed by atoms with van der Waals surface area (Å²) in [4.78, 5) is 14.3. The smallest absolute Gasteiger partial charge is 0.225 e.